The van der Waals surface area contributed by atoms with Crippen LogP contribution in [0.15, 0.2) is 18.2 Å². The molecule has 0 saturated heterocycles. The van der Waals surface area contributed by atoms with Crippen molar-refractivity contribution in [2.45, 2.75) is 34.1 Å². The smallest absolute Gasteiger partial charge is 0.224 e. The maximum atomic E-state index is 11.8. The molecule has 0 saturated carbocycles. The van der Waals surface area contributed by atoms with Crippen LogP contribution in [0.2, 0.25) is 0 Å². The molecule has 100 valence electrons. The number of rotatable bonds is 5. The largest absolute Gasteiger partial charge is 0.396 e. The molecule has 1 rings (SSSR count). The number of carbonyl (C=O) groups excluding carboxylic acids is 1. The Morgan fingerprint density at radius 1 is 1.28 bits per heavy atom. The van der Waals surface area contributed by atoms with Crippen LogP contribution in [-0.4, -0.2) is 24.2 Å². The molecule has 0 spiro atoms. The molecule has 1 aromatic rings. The molecular formula is C15H23NO2. The highest BCUT2D eigenvalue weighted by molar-refractivity contribution is 5.78. The van der Waals surface area contributed by atoms with Crippen LogP contribution >= 0.6 is 0 Å². The summed E-state index contributed by atoms with van der Waals surface area (Å²) in [6.07, 6.45) is 0.391. The van der Waals surface area contributed by atoms with Gasteiger partial charge in [-0.2, -0.15) is 0 Å². The summed E-state index contributed by atoms with van der Waals surface area (Å²) in [4.78, 5) is 11.8. The highest BCUT2D eigenvalue weighted by Crippen LogP contribution is 2.12. The van der Waals surface area contributed by atoms with E-state index in [2.05, 4.69) is 12.2 Å². The summed E-state index contributed by atoms with van der Waals surface area (Å²) < 4.78 is 0. The van der Waals surface area contributed by atoms with Gasteiger partial charge in [-0.3, -0.25) is 4.79 Å². The second-order valence-electron chi connectivity index (χ2n) is 5.69. The molecule has 2 N–H and O–H groups in total. The lowest BCUT2D eigenvalue weighted by Gasteiger charge is -2.21. The quantitative estimate of drug-likeness (QED) is 0.838. The molecule has 1 aromatic carbocycles. The van der Waals surface area contributed by atoms with Crippen LogP contribution in [-0.2, 0) is 11.2 Å². The minimum absolute atomic E-state index is 0.000205. The molecule has 3 heteroatoms. The van der Waals surface area contributed by atoms with E-state index >= 15 is 0 Å². The first kappa shape index (κ1) is 14.7. The molecular weight excluding hydrogens is 226 g/mol. The van der Waals surface area contributed by atoms with Gasteiger partial charge in [0.25, 0.3) is 0 Å². The number of benzene rings is 1. The predicted molar refractivity (Wildman–Crippen MR) is 73.5 cm³/mol. The summed E-state index contributed by atoms with van der Waals surface area (Å²) in [5.41, 5.74) is 3.20. The van der Waals surface area contributed by atoms with Gasteiger partial charge in [0.1, 0.15) is 0 Å². The summed E-state index contributed by atoms with van der Waals surface area (Å²) >= 11 is 0. The minimum Gasteiger partial charge on any atom is -0.396 e. The Bertz CT molecular complexity index is 425. The third-order valence-corrected chi connectivity index (χ3v) is 3.13. The topological polar surface area (TPSA) is 49.3 Å². The molecule has 0 aliphatic carbocycles. The van der Waals surface area contributed by atoms with E-state index in [4.69, 9.17) is 5.11 Å². The van der Waals surface area contributed by atoms with Crippen LogP contribution in [0.25, 0.3) is 0 Å². The number of carbonyl (C=O) groups is 1. The van der Waals surface area contributed by atoms with Crippen LogP contribution < -0.4 is 5.32 Å². The van der Waals surface area contributed by atoms with Gasteiger partial charge in [0, 0.05) is 18.6 Å². The van der Waals surface area contributed by atoms with Gasteiger partial charge in [-0.15, -0.1) is 0 Å². The van der Waals surface area contributed by atoms with Crippen molar-refractivity contribution in [3.63, 3.8) is 0 Å². The number of nitrogens with one attached hydrogen (secondary N) is 1. The first-order valence-corrected chi connectivity index (χ1v) is 6.28. The van der Waals surface area contributed by atoms with Crippen LogP contribution in [0.5, 0.6) is 0 Å². The molecule has 0 aromatic heterocycles. The van der Waals surface area contributed by atoms with E-state index in [9.17, 15) is 4.79 Å². The lowest BCUT2D eigenvalue weighted by atomic mass is 9.95. The van der Waals surface area contributed by atoms with Gasteiger partial charge >= 0.3 is 0 Å². The first-order chi connectivity index (χ1) is 8.34. The lowest BCUT2D eigenvalue weighted by molar-refractivity contribution is -0.121. The molecule has 0 bridgehead atoms. The van der Waals surface area contributed by atoms with E-state index in [1.807, 2.05) is 39.0 Å². The van der Waals surface area contributed by atoms with Gasteiger partial charge in [0.2, 0.25) is 5.91 Å². The minimum atomic E-state index is -0.265. The number of hydrogen-bond donors (Lipinski definition) is 2. The summed E-state index contributed by atoms with van der Waals surface area (Å²) in [5, 5.41) is 12.0. The molecule has 0 fully saturated rings. The van der Waals surface area contributed by atoms with Gasteiger partial charge in [-0.1, -0.05) is 32.0 Å². The zero-order chi connectivity index (χ0) is 13.8. The van der Waals surface area contributed by atoms with Crippen LogP contribution in [0, 0.1) is 19.3 Å². The Morgan fingerprint density at radius 2 is 1.94 bits per heavy atom. The highest BCUT2D eigenvalue weighted by atomic mass is 16.3. The fourth-order valence-electron chi connectivity index (χ4n) is 1.56. The molecule has 0 radical (unpaired) electrons. The predicted octanol–water partition coefficient (Wildman–Crippen LogP) is 1.98. The van der Waals surface area contributed by atoms with E-state index in [0.29, 0.717) is 13.0 Å². The average Bonchev–Trinajstić information content (AvgIpc) is 2.32. The van der Waals surface area contributed by atoms with Crippen molar-refractivity contribution in [3.05, 3.63) is 34.9 Å². The van der Waals surface area contributed by atoms with Crippen molar-refractivity contribution in [2.24, 2.45) is 5.41 Å². The number of aliphatic hydroxyl groups excluding tert-OH is 1. The number of amides is 1. The molecule has 0 aliphatic rings. The Kier molecular flexibility index (Phi) is 4.91. The van der Waals surface area contributed by atoms with Gasteiger partial charge < -0.3 is 10.4 Å². The summed E-state index contributed by atoms with van der Waals surface area (Å²) in [6, 6.07) is 6.07. The Labute approximate surface area is 109 Å². The molecule has 0 unspecified atom stereocenters. The number of aliphatic hydroxyl groups is 1. The molecule has 1 amide bonds. The normalized spacial score (nSPS) is 11.4. The standard InChI is InChI=1S/C15H23NO2/c1-11-5-6-13(7-12(11)2)8-14(18)16-9-15(3,4)10-17/h5-7,17H,8-10H2,1-4H3,(H,16,18). The fraction of sp³-hybridized carbons (Fsp3) is 0.533. The van der Waals surface area contributed by atoms with Crippen molar-refractivity contribution in [3.8, 4) is 0 Å². The monoisotopic (exact) mass is 249 g/mol. The summed E-state index contributed by atoms with van der Waals surface area (Å²) in [5.74, 6) is -0.000205. The molecule has 18 heavy (non-hydrogen) atoms. The van der Waals surface area contributed by atoms with E-state index in [1.54, 1.807) is 0 Å². The van der Waals surface area contributed by atoms with E-state index in [0.717, 1.165) is 5.56 Å². The molecule has 0 aliphatic heterocycles. The summed E-state index contributed by atoms with van der Waals surface area (Å²) in [6.45, 7) is 8.51. The third kappa shape index (κ3) is 4.49. The van der Waals surface area contributed by atoms with Crippen molar-refractivity contribution in [1.82, 2.24) is 5.32 Å². The van der Waals surface area contributed by atoms with Gasteiger partial charge in [-0.05, 0) is 30.5 Å². The van der Waals surface area contributed by atoms with Crippen molar-refractivity contribution >= 4 is 5.91 Å². The van der Waals surface area contributed by atoms with Gasteiger partial charge in [0.15, 0.2) is 0 Å². The second-order valence-corrected chi connectivity index (χ2v) is 5.69. The van der Waals surface area contributed by atoms with Crippen LogP contribution in [0.3, 0.4) is 0 Å². The van der Waals surface area contributed by atoms with Gasteiger partial charge in [-0.25, -0.2) is 0 Å². The fourth-order valence-corrected chi connectivity index (χ4v) is 1.56. The number of aryl methyl sites for hydroxylation is 2. The lowest BCUT2D eigenvalue weighted by Crippen LogP contribution is -2.36. The van der Waals surface area contributed by atoms with Crippen LogP contribution in [0.4, 0.5) is 0 Å². The average molecular weight is 249 g/mol. The number of hydrogen-bond acceptors (Lipinski definition) is 2. The van der Waals surface area contributed by atoms with Crippen molar-refractivity contribution in [1.29, 1.82) is 0 Å². The maximum absolute atomic E-state index is 11.8. The SMILES string of the molecule is Cc1ccc(CC(=O)NCC(C)(C)CO)cc1C. The summed E-state index contributed by atoms with van der Waals surface area (Å²) in [7, 11) is 0. The molecule has 0 heterocycles. The molecule has 0 atom stereocenters. The Morgan fingerprint density at radius 3 is 2.50 bits per heavy atom. The highest BCUT2D eigenvalue weighted by Gasteiger charge is 2.17. The first-order valence-electron chi connectivity index (χ1n) is 6.28. The zero-order valence-corrected chi connectivity index (χ0v) is 11.7. The second kappa shape index (κ2) is 6.01. The van der Waals surface area contributed by atoms with Crippen molar-refractivity contribution in [2.75, 3.05) is 13.2 Å². The van der Waals surface area contributed by atoms with E-state index < -0.39 is 0 Å². The Balaban J connectivity index is 2.52. The van der Waals surface area contributed by atoms with E-state index in [1.165, 1.54) is 11.1 Å². The van der Waals surface area contributed by atoms with Crippen LogP contribution in [0.1, 0.15) is 30.5 Å². The Hall–Kier alpha value is -1.35. The van der Waals surface area contributed by atoms with Gasteiger partial charge in [0.05, 0.1) is 6.42 Å². The zero-order valence-electron chi connectivity index (χ0n) is 11.7. The maximum Gasteiger partial charge on any atom is 0.224 e. The molecule has 3 nitrogen and oxygen atoms in total. The van der Waals surface area contributed by atoms with Crippen molar-refractivity contribution < 1.29 is 9.90 Å². The van der Waals surface area contributed by atoms with E-state index in [-0.39, 0.29) is 17.9 Å². The third-order valence-electron chi connectivity index (χ3n) is 3.13.